The zero-order valence-electron chi connectivity index (χ0n) is 18.8. The maximum absolute atomic E-state index is 13.4. The molecule has 1 aromatic carbocycles. The van der Waals surface area contributed by atoms with Gasteiger partial charge in [0.05, 0.1) is 17.0 Å². The van der Waals surface area contributed by atoms with Gasteiger partial charge in [-0.15, -0.1) is 12.4 Å². The SMILES string of the molecule is C[C@H](NC(=O)[C@@H]1C[C@@H](F)CN1)c1ccc(S(=O)(=O)NC2CCOCC2)cc1/C=C/C1CC1.Cl. The topological polar surface area (TPSA) is 96.5 Å². The van der Waals surface area contributed by atoms with Crippen LogP contribution in [-0.4, -0.2) is 52.3 Å². The lowest BCUT2D eigenvalue weighted by molar-refractivity contribution is -0.123. The molecule has 33 heavy (non-hydrogen) atoms. The molecule has 0 bridgehead atoms. The van der Waals surface area contributed by atoms with Crippen molar-refractivity contribution in [2.24, 2.45) is 5.92 Å². The number of amides is 1. The number of hydrogen-bond acceptors (Lipinski definition) is 5. The average molecular weight is 502 g/mol. The van der Waals surface area contributed by atoms with E-state index in [1.165, 1.54) is 0 Å². The first-order valence-corrected chi connectivity index (χ1v) is 12.9. The van der Waals surface area contributed by atoms with Crippen LogP contribution in [0.15, 0.2) is 29.2 Å². The van der Waals surface area contributed by atoms with E-state index in [0.29, 0.717) is 32.0 Å². The number of sulfonamides is 1. The van der Waals surface area contributed by atoms with E-state index in [9.17, 15) is 17.6 Å². The quantitative estimate of drug-likeness (QED) is 0.509. The van der Waals surface area contributed by atoms with Crippen LogP contribution < -0.4 is 15.4 Å². The van der Waals surface area contributed by atoms with E-state index >= 15 is 0 Å². The smallest absolute Gasteiger partial charge is 0.240 e. The van der Waals surface area contributed by atoms with Gasteiger partial charge in [-0.25, -0.2) is 17.5 Å². The van der Waals surface area contributed by atoms with Gasteiger partial charge in [-0.3, -0.25) is 4.79 Å². The third kappa shape index (κ3) is 6.99. The Morgan fingerprint density at radius 3 is 2.61 bits per heavy atom. The summed E-state index contributed by atoms with van der Waals surface area (Å²) in [6, 6.07) is 4.00. The Morgan fingerprint density at radius 2 is 1.97 bits per heavy atom. The molecule has 0 unspecified atom stereocenters. The van der Waals surface area contributed by atoms with Crippen molar-refractivity contribution in [3.05, 3.63) is 35.4 Å². The molecule has 0 spiro atoms. The fraction of sp³-hybridized carbons (Fsp3) is 0.609. The lowest BCUT2D eigenvalue weighted by Gasteiger charge is -2.23. The molecule has 3 atom stereocenters. The van der Waals surface area contributed by atoms with Crippen LogP contribution in [-0.2, 0) is 19.6 Å². The van der Waals surface area contributed by atoms with Crippen LogP contribution in [0.25, 0.3) is 6.08 Å². The molecule has 1 aromatic rings. The molecule has 2 heterocycles. The van der Waals surface area contributed by atoms with E-state index in [1.807, 2.05) is 13.0 Å². The average Bonchev–Trinajstić information content (AvgIpc) is 3.50. The highest BCUT2D eigenvalue weighted by atomic mass is 35.5. The van der Waals surface area contributed by atoms with Crippen molar-refractivity contribution in [2.75, 3.05) is 19.8 Å². The summed E-state index contributed by atoms with van der Waals surface area (Å²) in [5.41, 5.74) is 1.59. The zero-order valence-corrected chi connectivity index (χ0v) is 20.4. The highest BCUT2D eigenvalue weighted by Gasteiger charge is 2.30. The monoisotopic (exact) mass is 501 g/mol. The normalized spacial score (nSPS) is 25.0. The van der Waals surface area contributed by atoms with Crippen molar-refractivity contribution in [1.82, 2.24) is 15.4 Å². The lowest BCUT2D eigenvalue weighted by atomic mass is 10.00. The molecule has 3 N–H and O–H groups in total. The molecule has 3 fully saturated rings. The predicted octanol–water partition coefficient (Wildman–Crippen LogP) is 2.87. The lowest BCUT2D eigenvalue weighted by Crippen LogP contribution is -2.41. The third-order valence-electron chi connectivity index (χ3n) is 6.30. The second kappa shape index (κ2) is 11.3. The van der Waals surface area contributed by atoms with Crippen molar-refractivity contribution in [3.63, 3.8) is 0 Å². The van der Waals surface area contributed by atoms with E-state index in [4.69, 9.17) is 4.74 Å². The standard InChI is InChI=1S/C23H32FN3O4S.ClH/c1-15(26-23(28)22-13-18(24)14-25-22)21-7-6-20(12-17(21)5-4-16-2-3-16)32(29,30)27-19-8-10-31-11-9-19;/h4-7,12,15-16,18-19,22,25,27H,2-3,8-11,13-14H2,1H3,(H,26,28);1H/b5-4+;/t15-,18+,22-;/m0./s1. The molecular weight excluding hydrogens is 469 g/mol. The summed E-state index contributed by atoms with van der Waals surface area (Å²) < 4.78 is 47.5. The van der Waals surface area contributed by atoms with E-state index in [-0.39, 0.29) is 48.3 Å². The van der Waals surface area contributed by atoms with E-state index in [1.54, 1.807) is 18.2 Å². The Hall–Kier alpha value is -1.52. The number of allylic oxidation sites excluding steroid dienone is 1. The van der Waals surface area contributed by atoms with E-state index < -0.39 is 22.2 Å². The summed E-state index contributed by atoms with van der Waals surface area (Å²) in [6.07, 6.45) is 6.80. The van der Waals surface area contributed by atoms with Crippen LogP contribution in [0.5, 0.6) is 0 Å². The minimum absolute atomic E-state index is 0. The summed E-state index contributed by atoms with van der Waals surface area (Å²) >= 11 is 0. The van der Waals surface area contributed by atoms with Crippen molar-refractivity contribution in [2.45, 2.75) is 68.2 Å². The maximum Gasteiger partial charge on any atom is 0.240 e. The van der Waals surface area contributed by atoms with Gasteiger partial charge in [0, 0.05) is 32.2 Å². The largest absolute Gasteiger partial charge is 0.381 e. The minimum atomic E-state index is -3.67. The molecule has 4 rings (SSSR count). The zero-order chi connectivity index (χ0) is 22.7. The second-order valence-electron chi connectivity index (χ2n) is 9.02. The molecule has 2 saturated heterocycles. The third-order valence-corrected chi connectivity index (χ3v) is 7.82. The summed E-state index contributed by atoms with van der Waals surface area (Å²) in [4.78, 5) is 12.7. The molecule has 0 aromatic heterocycles. The van der Waals surface area contributed by atoms with Crippen LogP contribution in [0.1, 0.15) is 56.2 Å². The van der Waals surface area contributed by atoms with Crippen LogP contribution >= 0.6 is 12.4 Å². The molecule has 1 amide bonds. The number of halogens is 2. The Labute approximate surface area is 201 Å². The van der Waals surface area contributed by atoms with Crippen molar-refractivity contribution < 1.29 is 22.3 Å². The predicted molar refractivity (Wildman–Crippen MR) is 127 cm³/mol. The molecule has 0 radical (unpaired) electrons. The minimum Gasteiger partial charge on any atom is -0.381 e. The van der Waals surface area contributed by atoms with Gasteiger partial charge in [-0.05, 0) is 61.8 Å². The highest BCUT2D eigenvalue weighted by molar-refractivity contribution is 7.89. The molecule has 3 aliphatic rings. The van der Waals surface area contributed by atoms with E-state index in [2.05, 4.69) is 21.4 Å². The summed E-state index contributed by atoms with van der Waals surface area (Å²) in [6.45, 7) is 3.15. The van der Waals surface area contributed by atoms with Gasteiger partial charge in [-0.1, -0.05) is 18.2 Å². The number of benzene rings is 1. The second-order valence-corrected chi connectivity index (χ2v) is 10.7. The Bertz CT molecular complexity index is 964. The fourth-order valence-electron chi connectivity index (χ4n) is 4.17. The van der Waals surface area contributed by atoms with Crippen LogP contribution in [0, 0.1) is 5.92 Å². The van der Waals surface area contributed by atoms with Gasteiger partial charge < -0.3 is 15.4 Å². The fourth-order valence-corrected chi connectivity index (χ4v) is 5.51. The maximum atomic E-state index is 13.4. The summed E-state index contributed by atoms with van der Waals surface area (Å²) in [5.74, 6) is 0.283. The number of carbonyl (C=O) groups excluding carboxylic acids is 1. The summed E-state index contributed by atoms with van der Waals surface area (Å²) in [5, 5.41) is 5.84. The van der Waals surface area contributed by atoms with Crippen molar-refractivity contribution in [1.29, 1.82) is 0 Å². The number of alkyl halides is 1. The number of nitrogens with one attached hydrogen (secondary N) is 3. The number of ether oxygens (including phenoxy) is 1. The van der Waals surface area contributed by atoms with Gasteiger partial charge in [0.2, 0.25) is 15.9 Å². The molecule has 10 heteroatoms. The van der Waals surface area contributed by atoms with E-state index in [0.717, 1.165) is 24.0 Å². The molecule has 7 nitrogen and oxygen atoms in total. The number of carbonyl (C=O) groups is 1. The highest BCUT2D eigenvalue weighted by Crippen LogP contribution is 2.32. The first kappa shape index (κ1) is 26.1. The van der Waals surface area contributed by atoms with Gasteiger partial charge >= 0.3 is 0 Å². The van der Waals surface area contributed by atoms with Crippen molar-refractivity contribution >= 4 is 34.4 Å². The van der Waals surface area contributed by atoms with Gasteiger partial charge in [-0.2, -0.15) is 0 Å². The Kier molecular flexibility index (Phi) is 8.91. The first-order chi connectivity index (χ1) is 15.3. The first-order valence-electron chi connectivity index (χ1n) is 11.4. The van der Waals surface area contributed by atoms with Crippen LogP contribution in [0.4, 0.5) is 4.39 Å². The summed E-state index contributed by atoms with van der Waals surface area (Å²) in [7, 11) is -3.67. The Balaban J connectivity index is 0.00000306. The van der Waals surface area contributed by atoms with Crippen LogP contribution in [0.3, 0.4) is 0 Å². The molecular formula is C23H33ClFN3O4S. The molecule has 184 valence electrons. The van der Waals surface area contributed by atoms with Crippen molar-refractivity contribution in [3.8, 4) is 0 Å². The molecule has 1 aliphatic carbocycles. The number of hydrogen-bond donors (Lipinski definition) is 3. The van der Waals surface area contributed by atoms with Gasteiger partial charge in [0.25, 0.3) is 0 Å². The molecule has 1 saturated carbocycles. The van der Waals surface area contributed by atoms with Gasteiger partial charge in [0.15, 0.2) is 0 Å². The Morgan fingerprint density at radius 1 is 1.24 bits per heavy atom. The van der Waals surface area contributed by atoms with Gasteiger partial charge in [0.1, 0.15) is 6.17 Å². The van der Waals surface area contributed by atoms with Crippen LogP contribution in [0.2, 0.25) is 0 Å². The number of rotatable bonds is 8. The molecule has 2 aliphatic heterocycles.